The van der Waals surface area contributed by atoms with Crippen molar-refractivity contribution in [2.45, 2.75) is 32.8 Å². The Morgan fingerprint density at radius 1 is 0.938 bits per heavy atom. The molecule has 1 aliphatic rings. The highest BCUT2D eigenvalue weighted by Gasteiger charge is 2.50. The molecule has 2 heterocycles. The van der Waals surface area contributed by atoms with Crippen LogP contribution in [0.5, 0.6) is 0 Å². The van der Waals surface area contributed by atoms with Gasteiger partial charge in [0, 0.05) is 55.9 Å². The van der Waals surface area contributed by atoms with Crippen LogP contribution in [-0.2, 0) is 16.8 Å². The third-order valence-electron chi connectivity index (χ3n) is 6.37. The molecule has 4 rings (SSSR count). The summed E-state index contributed by atoms with van der Waals surface area (Å²) in [6.07, 6.45) is 2.56. The van der Waals surface area contributed by atoms with Crippen LogP contribution in [0.25, 0.3) is 0 Å². The van der Waals surface area contributed by atoms with Crippen molar-refractivity contribution in [1.82, 2.24) is 4.98 Å². The van der Waals surface area contributed by atoms with Crippen molar-refractivity contribution in [1.29, 1.82) is 0 Å². The first kappa shape index (κ1) is 21.9. The van der Waals surface area contributed by atoms with E-state index in [1.165, 1.54) is 5.69 Å². The number of cyclic esters (lactones) is 1. The smallest absolute Gasteiger partial charge is 0.341 e. The number of nitrogens with zero attached hydrogens (tertiary/aromatic N) is 3. The maximum atomic E-state index is 13.0. The van der Waals surface area contributed by atoms with Crippen LogP contribution in [0, 0.1) is 0 Å². The lowest BCUT2D eigenvalue weighted by atomic mass is 9.79. The summed E-state index contributed by atoms with van der Waals surface area (Å²) in [4.78, 5) is 22.0. The van der Waals surface area contributed by atoms with E-state index in [9.17, 15) is 4.79 Å². The number of carbonyl (C=O) groups excluding carboxylic acids is 1. The van der Waals surface area contributed by atoms with Crippen LogP contribution in [0.4, 0.5) is 11.4 Å². The molecule has 1 aliphatic heterocycles. The second-order valence-electron chi connectivity index (χ2n) is 8.28. The van der Waals surface area contributed by atoms with Gasteiger partial charge in [0.15, 0.2) is 0 Å². The van der Waals surface area contributed by atoms with E-state index in [-0.39, 0.29) is 5.97 Å². The van der Waals surface area contributed by atoms with Gasteiger partial charge in [-0.1, -0.05) is 25.1 Å². The molecule has 5 nitrogen and oxygen atoms in total. The van der Waals surface area contributed by atoms with E-state index in [0.717, 1.165) is 41.9 Å². The summed E-state index contributed by atoms with van der Waals surface area (Å²) >= 11 is 0. The van der Waals surface area contributed by atoms with Crippen LogP contribution >= 0.6 is 0 Å². The molecule has 166 valence electrons. The van der Waals surface area contributed by atoms with Gasteiger partial charge in [-0.25, -0.2) is 4.79 Å². The molecule has 0 amide bonds. The molecule has 32 heavy (non-hydrogen) atoms. The van der Waals surface area contributed by atoms with Gasteiger partial charge >= 0.3 is 5.97 Å². The fourth-order valence-corrected chi connectivity index (χ4v) is 4.62. The van der Waals surface area contributed by atoms with Gasteiger partial charge in [0.2, 0.25) is 5.60 Å². The Labute approximate surface area is 190 Å². The van der Waals surface area contributed by atoms with Crippen LogP contribution in [0.3, 0.4) is 0 Å². The molecule has 1 aromatic heterocycles. The van der Waals surface area contributed by atoms with Gasteiger partial charge in [0.25, 0.3) is 0 Å². The number of anilines is 2. The zero-order valence-electron chi connectivity index (χ0n) is 19.6. The molecule has 0 bridgehead atoms. The Morgan fingerprint density at radius 2 is 1.62 bits per heavy atom. The number of hydrogen-bond acceptors (Lipinski definition) is 5. The first-order chi connectivity index (χ1) is 15.5. The van der Waals surface area contributed by atoms with Gasteiger partial charge in [-0.3, -0.25) is 4.98 Å². The normalized spacial score (nSPS) is 17.1. The Morgan fingerprint density at radius 3 is 2.25 bits per heavy atom. The maximum Gasteiger partial charge on any atom is 0.341 e. The molecule has 0 fully saturated rings. The molecule has 2 aromatic carbocycles. The van der Waals surface area contributed by atoms with Crippen LogP contribution in [-0.4, -0.2) is 38.1 Å². The Bertz CT molecular complexity index is 1120. The minimum atomic E-state index is -1.06. The number of aryl methyl sites for hydroxylation is 1. The third kappa shape index (κ3) is 3.42. The van der Waals surface area contributed by atoms with Crippen molar-refractivity contribution in [2.75, 3.05) is 37.0 Å². The van der Waals surface area contributed by atoms with Gasteiger partial charge in [-0.15, -0.1) is 0 Å². The van der Waals surface area contributed by atoms with Crippen molar-refractivity contribution in [3.8, 4) is 0 Å². The van der Waals surface area contributed by atoms with Crippen LogP contribution in [0.1, 0.15) is 53.5 Å². The number of esters is 1. The number of carbonyl (C=O) groups is 1. The molecule has 1 atom stereocenters. The third-order valence-corrected chi connectivity index (χ3v) is 6.37. The van der Waals surface area contributed by atoms with Crippen LogP contribution in [0.15, 0.2) is 60.8 Å². The van der Waals surface area contributed by atoms with Gasteiger partial charge in [0.05, 0.1) is 5.56 Å². The van der Waals surface area contributed by atoms with Crippen LogP contribution < -0.4 is 9.80 Å². The summed E-state index contributed by atoms with van der Waals surface area (Å²) in [5.74, 6) is -0.334. The molecule has 0 saturated carbocycles. The Hall–Kier alpha value is -3.34. The largest absolute Gasteiger partial charge is 0.439 e. The zero-order chi connectivity index (χ0) is 22.9. The molecule has 0 N–H and O–H groups in total. The molecule has 1 unspecified atom stereocenters. The summed E-state index contributed by atoms with van der Waals surface area (Å²) in [5, 5.41) is 0. The van der Waals surface area contributed by atoms with E-state index >= 15 is 0 Å². The monoisotopic (exact) mass is 429 g/mol. The molecule has 5 heteroatoms. The zero-order valence-corrected chi connectivity index (χ0v) is 19.6. The SMILES string of the molecule is CCc1cc(N(CC)CC)ccc1C1(c2ccc(N(C)C)cc2)OC(=O)c2cccnc21. The lowest BCUT2D eigenvalue weighted by Gasteiger charge is -2.32. The van der Waals surface area contributed by atoms with E-state index in [2.05, 4.69) is 65.9 Å². The fraction of sp³-hybridized carbons (Fsp3) is 0.333. The van der Waals surface area contributed by atoms with Crippen LogP contribution in [0.2, 0.25) is 0 Å². The quantitative estimate of drug-likeness (QED) is 0.494. The first-order valence-corrected chi connectivity index (χ1v) is 11.3. The highest BCUT2D eigenvalue weighted by Crippen LogP contribution is 2.47. The average Bonchev–Trinajstić information content (AvgIpc) is 3.13. The second kappa shape index (κ2) is 8.65. The van der Waals surface area contributed by atoms with Gasteiger partial charge in [0.1, 0.15) is 5.69 Å². The van der Waals surface area contributed by atoms with E-state index in [1.807, 2.05) is 26.2 Å². The number of hydrogen-bond donors (Lipinski definition) is 0. The summed E-state index contributed by atoms with van der Waals surface area (Å²) in [5.41, 5.74) is 5.41. The van der Waals surface area contributed by atoms with E-state index in [4.69, 9.17) is 4.74 Å². The topological polar surface area (TPSA) is 45.7 Å². The Kier molecular flexibility index (Phi) is 5.92. The number of rotatable bonds is 7. The number of aromatic nitrogens is 1. The molecule has 0 aliphatic carbocycles. The van der Waals surface area contributed by atoms with E-state index in [1.54, 1.807) is 18.3 Å². The molecular weight excluding hydrogens is 398 g/mol. The maximum absolute atomic E-state index is 13.0. The number of benzene rings is 2. The minimum absolute atomic E-state index is 0.334. The lowest BCUT2D eigenvalue weighted by Crippen LogP contribution is -2.32. The number of pyridine rings is 1. The van der Waals surface area contributed by atoms with Crippen molar-refractivity contribution in [3.05, 3.63) is 88.7 Å². The Balaban J connectivity index is 1.97. The van der Waals surface area contributed by atoms with Gasteiger partial charge in [-0.05, 0) is 62.2 Å². The van der Waals surface area contributed by atoms with Crippen molar-refractivity contribution in [2.24, 2.45) is 0 Å². The average molecular weight is 430 g/mol. The number of fused-ring (bicyclic) bond motifs is 1. The highest BCUT2D eigenvalue weighted by atomic mass is 16.6. The summed E-state index contributed by atoms with van der Waals surface area (Å²) < 4.78 is 6.26. The van der Waals surface area contributed by atoms with E-state index < -0.39 is 5.60 Å². The fourth-order valence-electron chi connectivity index (χ4n) is 4.62. The summed E-state index contributed by atoms with van der Waals surface area (Å²) in [6, 6.07) is 18.3. The lowest BCUT2D eigenvalue weighted by molar-refractivity contribution is 0.0241. The van der Waals surface area contributed by atoms with Gasteiger partial charge in [-0.2, -0.15) is 0 Å². The molecule has 3 aromatic rings. The summed E-state index contributed by atoms with van der Waals surface area (Å²) in [7, 11) is 4.02. The van der Waals surface area contributed by atoms with Crippen molar-refractivity contribution in [3.63, 3.8) is 0 Å². The first-order valence-electron chi connectivity index (χ1n) is 11.3. The second-order valence-corrected chi connectivity index (χ2v) is 8.28. The predicted molar refractivity (Wildman–Crippen MR) is 130 cm³/mol. The van der Waals surface area contributed by atoms with Gasteiger partial charge < -0.3 is 14.5 Å². The van der Waals surface area contributed by atoms with Crippen molar-refractivity contribution < 1.29 is 9.53 Å². The molecule has 0 radical (unpaired) electrons. The standard InChI is InChI=1S/C27H31N3O2/c1-6-19-18-22(30(7-2)8-3)15-16-24(19)27(20-11-13-21(14-12-20)29(4)5)25-23(26(31)32-27)10-9-17-28-25/h9-18H,6-8H2,1-5H3. The van der Waals surface area contributed by atoms with Crippen molar-refractivity contribution >= 4 is 17.3 Å². The molecular formula is C27H31N3O2. The predicted octanol–water partition coefficient (Wildman–Crippen LogP) is 5.02. The molecule has 0 saturated heterocycles. The number of ether oxygens (including phenoxy) is 1. The highest BCUT2D eigenvalue weighted by molar-refractivity contribution is 5.95. The van der Waals surface area contributed by atoms with E-state index in [0.29, 0.717) is 11.3 Å². The summed E-state index contributed by atoms with van der Waals surface area (Å²) in [6.45, 7) is 8.35. The minimum Gasteiger partial charge on any atom is -0.439 e. The molecule has 0 spiro atoms.